The number of morpholine rings is 1. The van der Waals surface area contributed by atoms with Crippen molar-refractivity contribution in [2.24, 2.45) is 0 Å². The van der Waals surface area contributed by atoms with Gasteiger partial charge in [-0.3, -0.25) is 4.79 Å². The molecule has 2 aliphatic rings. The number of anilines is 1. The highest BCUT2D eigenvalue weighted by molar-refractivity contribution is 7.21. The topological polar surface area (TPSA) is 63.7 Å². The minimum absolute atomic E-state index is 0.202. The summed E-state index contributed by atoms with van der Waals surface area (Å²) in [5.74, 6) is 0.468. The van der Waals surface area contributed by atoms with Crippen LogP contribution in [0.5, 0.6) is 5.75 Å². The number of benzene rings is 1. The van der Waals surface area contributed by atoms with Gasteiger partial charge in [-0.05, 0) is 30.5 Å². The van der Waals surface area contributed by atoms with E-state index in [1.807, 2.05) is 18.2 Å². The van der Waals surface area contributed by atoms with Crippen LogP contribution in [0.1, 0.15) is 22.6 Å². The summed E-state index contributed by atoms with van der Waals surface area (Å²) < 4.78 is 11.9. The van der Waals surface area contributed by atoms with Gasteiger partial charge in [0.1, 0.15) is 11.3 Å². The Morgan fingerprint density at radius 1 is 1.39 bits per heavy atom. The van der Waals surface area contributed by atoms with Crippen LogP contribution in [0.3, 0.4) is 0 Å². The molecule has 0 saturated carbocycles. The van der Waals surface area contributed by atoms with Gasteiger partial charge in [0.25, 0.3) is 5.91 Å². The first kappa shape index (κ1) is 19.2. The van der Waals surface area contributed by atoms with Gasteiger partial charge in [-0.15, -0.1) is 11.3 Å². The summed E-state index contributed by atoms with van der Waals surface area (Å²) in [6.07, 6.45) is 5.82. The maximum atomic E-state index is 12.7. The number of allylic oxidation sites excluding steroid dienone is 2. The molecule has 6 nitrogen and oxygen atoms in total. The molecule has 0 unspecified atom stereocenters. The fraction of sp³-hybridized carbons (Fsp3) is 0.400. The van der Waals surface area contributed by atoms with E-state index in [1.54, 1.807) is 7.11 Å². The van der Waals surface area contributed by atoms with Crippen LogP contribution in [0, 0.1) is 0 Å². The van der Waals surface area contributed by atoms with Gasteiger partial charge in [-0.1, -0.05) is 23.8 Å². The van der Waals surface area contributed by atoms with E-state index in [2.05, 4.69) is 21.3 Å². The van der Waals surface area contributed by atoms with Crippen LogP contribution in [-0.2, 0) is 4.74 Å². The zero-order valence-electron chi connectivity index (χ0n) is 15.7. The lowest BCUT2D eigenvalue weighted by Gasteiger charge is -2.29. The normalized spacial score (nSPS) is 17.3. The molecule has 1 aromatic carbocycles. The predicted molar refractivity (Wildman–Crippen MR) is 113 cm³/mol. The lowest BCUT2D eigenvalue weighted by Crippen LogP contribution is -2.36. The maximum absolute atomic E-state index is 12.7. The van der Waals surface area contributed by atoms with Crippen LogP contribution in [0.2, 0.25) is 0 Å². The zero-order valence-corrected chi connectivity index (χ0v) is 17.2. The second-order valence-corrected chi connectivity index (χ2v) is 8.09. The van der Waals surface area contributed by atoms with Crippen LogP contribution in [0.15, 0.2) is 34.9 Å². The zero-order chi connectivity index (χ0) is 19.5. The number of thiazole rings is 1. The van der Waals surface area contributed by atoms with E-state index < -0.39 is 0 Å². The molecule has 1 aliphatic carbocycles. The Labute approximate surface area is 172 Å². The molecule has 8 heteroatoms. The molecule has 1 saturated heterocycles. The molecule has 2 heterocycles. The molecule has 0 radical (unpaired) electrons. The smallest absolute Gasteiger partial charge is 0.280 e. The summed E-state index contributed by atoms with van der Waals surface area (Å²) in [5.41, 5.74) is 2.74. The van der Waals surface area contributed by atoms with E-state index in [0.29, 0.717) is 30.5 Å². The minimum Gasteiger partial charge on any atom is -0.494 e. The second-order valence-electron chi connectivity index (χ2n) is 6.64. The molecule has 1 amide bonds. The van der Waals surface area contributed by atoms with E-state index in [0.717, 1.165) is 52.4 Å². The van der Waals surface area contributed by atoms with Gasteiger partial charge in [0.2, 0.25) is 0 Å². The molecule has 1 aliphatic heterocycles. The Kier molecular flexibility index (Phi) is 5.85. The van der Waals surface area contributed by atoms with Gasteiger partial charge >= 0.3 is 0 Å². The summed E-state index contributed by atoms with van der Waals surface area (Å²) in [7, 11) is 1.62. The van der Waals surface area contributed by atoms with Gasteiger partial charge in [0.15, 0.2) is 5.01 Å². The number of hydrogen-bond donors (Lipinski definition) is 1. The number of methoxy groups -OCH3 is 1. The molecule has 4 rings (SSSR count). The van der Waals surface area contributed by atoms with Crippen LogP contribution < -0.4 is 15.0 Å². The van der Waals surface area contributed by atoms with E-state index in [1.165, 1.54) is 11.3 Å². The van der Waals surface area contributed by atoms with Gasteiger partial charge in [-0.25, -0.2) is 4.98 Å². The first-order chi connectivity index (χ1) is 13.7. The highest BCUT2D eigenvalue weighted by Crippen LogP contribution is 2.38. The third-order valence-corrected chi connectivity index (χ3v) is 6.40. The molecule has 0 atom stereocenters. The average molecular weight is 420 g/mol. The first-order valence-electron chi connectivity index (χ1n) is 9.30. The van der Waals surface area contributed by atoms with Gasteiger partial charge < -0.3 is 19.7 Å². The van der Waals surface area contributed by atoms with Crippen LogP contribution in [0.4, 0.5) is 5.69 Å². The summed E-state index contributed by atoms with van der Waals surface area (Å²) in [4.78, 5) is 19.6. The third kappa shape index (κ3) is 3.87. The lowest BCUT2D eigenvalue weighted by molar-refractivity contribution is 0.0957. The van der Waals surface area contributed by atoms with Crippen molar-refractivity contribution in [3.8, 4) is 5.75 Å². The standard InChI is InChI=1S/C20H22ClN3O3S/c1-26-16-7-6-15(24-8-10-27-11-9-24)18-17(16)23-20(28-18)19(25)22-12-13-4-2-3-5-14(13)21/h2,4,6-7H,3,5,8-12H2,1H3,(H,22,25). The number of hydrogen-bond acceptors (Lipinski definition) is 6. The van der Waals surface area contributed by atoms with Gasteiger partial charge in [-0.2, -0.15) is 0 Å². The highest BCUT2D eigenvalue weighted by atomic mass is 35.5. The fourth-order valence-corrected chi connectivity index (χ4v) is 4.66. The molecule has 1 N–H and O–H groups in total. The van der Waals surface area contributed by atoms with Crippen LogP contribution >= 0.6 is 22.9 Å². The fourth-order valence-electron chi connectivity index (χ4n) is 3.38. The summed E-state index contributed by atoms with van der Waals surface area (Å²) >= 11 is 7.64. The van der Waals surface area contributed by atoms with E-state index in [-0.39, 0.29) is 5.91 Å². The molecular formula is C20H22ClN3O3S. The molecule has 28 heavy (non-hydrogen) atoms. The largest absolute Gasteiger partial charge is 0.494 e. The Morgan fingerprint density at radius 3 is 2.96 bits per heavy atom. The van der Waals surface area contributed by atoms with Crippen molar-refractivity contribution in [3.05, 3.63) is 39.9 Å². The molecule has 1 aromatic heterocycles. The Bertz CT molecular complexity index is 948. The van der Waals surface area contributed by atoms with Gasteiger partial charge in [0, 0.05) is 24.7 Å². The summed E-state index contributed by atoms with van der Waals surface area (Å²) in [6, 6.07) is 3.94. The number of carbonyl (C=O) groups is 1. The average Bonchev–Trinajstić information content (AvgIpc) is 3.18. The summed E-state index contributed by atoms with van der Waals surface area (Å²) in [5, 5.41) is 4.17. The monoisotopic (exact) mass is 419 g/mol. The number of ether oxygens (including phenoxy) is 2. The molecule has 0 spiro atoms. The van der Waals surface area contributed by atoms with Crippen LogP contribution in [-0.4, -0.2) is 50.8 Å². The quantitative estimate of drug-likeness (QED) is 0.800. The number of halogens is 1. The number of nitrogens with one attached hydrogen (secondary N) is 1. The molecule has 2 aromatic rings. The van der Waals surface area contributed by atoms with E-state index >= 15 is 0 Å². The predicted octanol–water partition coefficient (Wildman–Crippen LogP) is 3.71. The summed E-state index contributed by atoms with van der Waals surface area (Å²) in [6.45, 7) is 3.43. The molecule has 148 valence electrons. The molecule has 1 fully saturated rings. The minimum atomic E-state index is -0.202. The Balaban J connectivity index is 1.60. The third-order valence-electron chi connectivity index (χ3n) is 4.89. The van der Waals surface area contributed by atoms with Crippen molar-refractivity contribution in [2.45, 2.75) is 12.8 Å². The maximum Gasteiger partial charge on any atom is 0.280 e. The number of rotatable bonds is 5. The van der Waals surface area contributed by atoms with Crippen molar-refractivity contribution in [3.63, 3.8) is 0 Å². The van der Waals surface area contributed by atoms with Crippen molar-refractivity contribution in [1.82, 2.24) is 10.3 Å². The van der Waals surface area contributed by atoms with Gasteiger partial charge in [0.05, 0.1) is 30.7 Å². The Morgan fingerprint density at radius 2 is 2.21 bits per heavy atom. The number of aromatic nitrogens is 1. The van der Waals surface area contributed by atoms with Crippen molar-refractivity contribution < 1.29 is 14.3 Å². The molecule has 0 bridgehead atoms. The van der Waals surface area contributed by atoms with Crippen molar-refractivity contribution in [2.75, 3.05) is 44.9 Å². The number of fused-ring (bicyclic) bond motifs is 1. The number of nitrogens with zero attached hydrogens (tertiary/aromatic N) is 2. The highest BCUT2D eigenvalue weighted by Gasteiger charge is 2.21. The molecular weight excluding hydrogens is 398 g/mol. The second kappa shape index (κ2) is 8.51. The van der Waals surface area contributed by atoms with E-state index in [4.69, 9.17) is 21.1 Å². The number of amides is 1. The first-order valence-corrected chi connectivity index (χ1v) is 10.5. The van der Waals surface area contributed by atoms with E-state index in [9.17, 15) is 4.79 Å². The Hall–Kier alpha value is -2.09. The van der Waals surface area contributed by atoms with Crippen molar-refractivity contribution >= 4 is 44.7 Å². The van der Waals surface area contributed by atoms with Crippen molar-refractivity contribution in [1.29, 1.82) is 0 Å². The SMILES string of the molecule is COc1ccc(N2CCOCC2)c2sc(C(=O)NCC3=C(Cl)CCC=C3)nc12. The number of carbonyl (C=O) groups excluding carboxylic acids is 1. The lowest BCUT2D eigenvalue weighted by atomic mass is 10.1. The van der Waals surface area contributed by atoms with Crippen LogP contribution in [0.25, 0.3) is 10.2 Å².